The molecule has 6 nitrogen and oxygen atoms in total. The van der Waals surface area contributed by atoms with Crippen LogP contribution >= 0.6 is 0 Å². The Bertz CT molecular complexity index is 1330. The third-order valence-corrected chi connectivity index (χ3v) is 6.55. The molecular formula is C30H29NO5. The number of carbonyl (C=O) groups is 2. The summed E-state index contributed by atoms with van der Waals surface area (Å²) in [5.74, 6) is -0.0813. The van der Waals surface area contributed by atoms with Gasteiger partial charge in [0.05, 0.1) is 18.2 Å². The fraction of sp³-hybridized carbons (Fsp3) is 0.267. The average Bonchev–Trinajstić information content (AvgIpc) is 3.39. The maximum Gasteiger partial charge on any atom is 0.295 e. The molecule has 2 aliphatic heterocycles. The number of rotatable bonds is 7. The van der Waals surface area contributed by atoms with E-state index < -0.39 is 17.7 Å². The molecule has 0 aromatic heterocycles. The predicted octanol–water partition coefficient (Wildman–Crippen LogP) is 5.42. The van der Waals surface area contributed by atoms with Crippen molar-refractivity contribution in [3.63, 3.8) is 0 Å². The molecule has 0 spiro atoms. The van der Waals surface area contributed by atoms with Crippen molar-refractivity contribution in [2.75, 3.05) is 6.61 Å². The highest BCUT2D eigenvalue weighted by Gasteiger charge is 2.46. The van der Waals surface area contributed by atoms with E-state index in [1.54, 1.807) is 6.07 Å². The zero-order valence-corrected chi connectivity index (χ0v) is 20.4. The second-order valence-corrected chi connectivity index (χ2v) is 9.29. The quantitative estimate of drug-likeness (QED) is 0.276. The van der Waals surface area contributed by atoms with Gasteiger partial charge < -0.3 is 19.5 Å². The van der Waals surface area contributed by atoms with E-state index in [2.05, 4.69) is 0 Å². The number of Topliss-reactive ketones (excluding diaryl/α,β-unsaturated/α-hetero) is 1. The van der Waals surface area contributed by atoms with E-state index in [9.17, 15) is 14.7 Å². The van der Waals surface area contributed by atoms with Crippen LogP contribution in [0.1, 0.15) is 48.6 Å². The van der Waals surface area contributed by atoms with E-state index in [0.29, 0.717) is 23.5 Å². The van der Waals surface area contributed by atoms with Crippen molar-refractivity contribution in [1.82, 2.24) is 4.90 Å². The van der Waals surface area contributed by atoms with Crippen LogP contribution in [0.4, 0.5) is 0 Å². The summed E-state index contributed by atoms with van der Waals surface area (Å²) < 4.78 is 11.6. The number of carbonyl (C=O) groups excluding carboxylic acids is 2. The lowest BCUT2D eigenvalue weighted by Crippen LogP contribution is -2.29. The minimum atomic E-state index is -0.751. The van der Waals surface area contributed by atoms with Gasteiger partial charge in [0, 0.05) is 18.5 Å². The number of nitrogens with zero attached hydrogens (tertiary/aromatic N) is 1. The summed E-state index contributed by atoms with van der Waals surface area (Å²) in [4.78, 5) is 28.2. The second-order valence-electron chi connectivity index (χ2n) is 9.29. The zero-order chi connectivity index (χ0) is 25.2. The molecule has 3 aromatic carbocycles. The smallest absolute Gasteiger partial charge is 0.295 e. The summed E-state index contributed by atoms with van der Waals surface area (Å²) >= 11 is 0. The number of hydrogen-bond acceptors (Lipinski definition) is 5. The van der Waals surface area contributed by atoms with Crippen molar-refractivity contribution < 1.29 is 24.2 Å². The Morgan fingerprint density at radius 1 is 1.06 bits per heavy atom. The topological polar surface area (TPSA) is 76.1 Å². The number of fused-ring (bicyclic) bond motifs is 1. The molecule has 2 aliphatic rings. The molecule has 3 aromatic rings. The number of benzene rings is 3. The molecule has 36 heavy (non-hydrogen) atoms. The predicted molar refractivity (Wildman–Crippen MR) is 137 cm³/mol. The van der Waals surface area contributed by atoms with Gasteiger partial charge in [-0.3, -0.25) is 9.59 Å². The van der Waals surface area contributed by atoms with Crippen molar-refractivity contribution in [1.29, 1.82) is 0 Å². The highest BCUT2D eigenvalue weighted by molar-refractivity contribution is 6.46. The molecule has 2 atom stereocenters. The first-order valence-electron chi connectivity index (χ1n) is 12.3. The zero-order valence-electron chi connectivity index (χ0n) is 20.4. The largest absolute Gasteiger partial charge is 0.507 e. The lowest BCUT2D eigenvalue weighted by Gasteiger charge is -2.26. The molecule has 1 amide bonds. The Hall–Kier alpha value is -4.06. The minimum Gasteiger partial charge on any atom is -0.507 e. The first-order chi connectivity index (χ1) is 17.5. The molecular weight excluding hydrogens is 454 g/mol. The first kappa shape index (κ1) is 23.7. The van der Waals surface area contributed by atoms with E-state index >= 15 is 0 Å². The van der Waals surface area contributed by atoms with Crippen molar-refractivity contribution in [3.05, 3.63) is 101 Å². The molecule has 1 saturated heterocycles. The fourth-order valence-electron chi connectivity index (χ4n) is 4.89. The van der Waals surface area contributed by atoms with Crippen molar-refractivity contribution in [2.24, 2.45) is 0 Å². The normalized spacial score (nSPS) is 20.3. The lowest BCUT2D eigenvalue weighted by atomic mass is 9.94. The Morgan fingerprint density at radius 3 is 2.64 bits per heavy atom. The van der Waals surface area contributed by atoms with Gasteiger partial charge in [-0.2, -0.15) is 0 Å². The molecule has 0 saturated carbocycles. The minimum absolute atomic E-state index is 0.0553. The highest BCUT2D eigenvalue weighted by Crippen LogP contribution is 2.42. The van der Waals surface area contributed by atoms with Crippen LogP contribution in [-0.2, 0) is 22.6 Å². The van der Waals surface area contributed by atoms with Crippen LogP contribution in [0.25, 0.3) is 5.76 Å². The van der Waals surface area contributed by atoms with E-state index in [-0.39, 0.29) is 24.0 Å². The van der Waals surface area contributed by atoms with Gasteiger partial charge in [0.2, 0.25) is 0 Å². The third-order valence-electron chi connectivity index (χ3n) is 6.55. The van der Waals surface area contributed by atoms with E-state index in [1.165, 1.54) is 4.90 Å². The van der Waals surface area contributed by atoms with Crippen LogP contribution in [0, 0.1) is 0 Å². The van der Waals surface area contributed by atoms with Crippen molar-refractivity contribution >= 4 is 17.4 Å². The summed E-state index contributed by atoms with van der Waals surface area (Å²) in [6, 6.07) is 21.6. The van der Waals surface area contributed by atoms with Gasteiger partial charge in [-0.05, 0) is 60.4 Å². The van der Waals surface area contributed by atoms with Crippen molar-refractivity contribution in [3.8, 4) is 11.5 Å². The Morgan fingerprint density at radius 2 is 1.86 bits per heavy atom. The molecule has 6 heteroatoms. The van der Waals surface area contributed by atoms with Gasteiger partial charge >= 0.3 is 0 Å². The van der Waals surface area contributed by atoms with Crippen LogP contribution < -0.4 is 9.47 Å². The number of hydrogen-bond donors (Lipinski definition) is 1. The van der Waals surface area contributed by atoms with E-state index in [1.807, 2.05) is 80.6 Å². The number of ketones is 1. The van der Waals surface area contributed by atoms with Gasteiger partial charge in [0.15, 0.2) is 0 Å². The van der Waals surface area contributed by atoms with Crippen molar-refractivity contribution in [2.45, 2.75) is 45.4 Å². The Balaban J connectivity index is 1.61. The summed E-state index contributed by atoms with van der Waals surface area (Å²) in [6.07, 6.45) is 1.64. The number of likely N-dealkylation sites (tertiary alicyclic amines) is 1. The molecule has 0 radical (unpaired) electrons. The number of ether oxygens (including phenoxy) is 2. The summed E-state index contributed by atoms with van der Waals surface area (Å²) in [7, 11) is 0. The molecule has 1 N–H and O–H groups in total. The first-order valence-corrected chi connectivity index (χ1v) is 12.3. The van der Waals surface area contributed by atoms with E-state index in [4.69, 9.17) is 9.47 Å². The molecule has 184 valence electrons. The average molecular weight is 484 g/mol. The summed E-state index contributed by atoms with van der Waals surface area (Å²) in [6.45, 7) is 4.81. The highest BCUT2D eigenvalue weighted by atomic mass is 16.5. The maximum atomic E-state index is 13.4. The van der Waals surface area contributed by atoms with Gasteiger partial charge in [-0.15, -0.1) is 0 Å². The standard InChI is InChI=1S/C30H29NO5/c1-3-14-35-24-11-7-10-21(17-24)27-26(28(32)22-12-13-25-23(16-22)15-19(2)36-25)29(33)30(34)31(27)18-20-8-5-4-6-9-20/h4-13,16-17,19,27,32H,3,14-15,18H2,1-2H3. The Kier molecular flexibility index (Phi) is 6.51. The monoisotopic (exact) mass is 483 g/mol. The summed E-state index contributed by atoms with van der Waals surface area (Å²) in [5.41, 5.74) is 3.14. The van der Waals surface area contributed by atoms with Crippen LogP contribution in [0.15, 0.2) is 78.4 Å². The lowest BCUT2D eigenvalue weighted by molar-refractivity contribution is -0.140. The van der Waals surface area contributed by atoms with E-state index in [0.717, 1.165) is 29.7 Å². The Labute approximate surface area is 210 Å². The van der Waals surface area contributed by atoms with Gasteiger partial charge in [-0.1, -0.05) is 49.4 Å². The van der Waals surface area contributed by atoms with Crippen LogP contribution in [0.5, 0.6) is 11.5 Å². The van der Waals surface area contributed by atoms with Gasteiger partial charge in [0.25, 0.3) is 11.7 Å². The number of amides is 1. The maximum absolute atomic E-state index is 13.4. The number of aliphatic hydroxyl groups is 1. The molecule has 0 bridgehead atoms. The summed E-state index contributed by atoms with van der Waals surface area (Å²) in [5, 5.41) is 11.4. The fourth-order valence-corrected chi connectivity index (χ4v) is 4.89. The third kappa shape index (κ3) is 4.47. The molecule has 2 unspecified atom stereocenters. The SMILES string of the molecule is CCCOc1cccc(C2C(=C(O)c3ccc4c(c3)CC(C)O4)C(=O)C(=O)N2Cc2ccccc2)c1. The molecule has 1 fully saturated rings. The van der Waals surface area contributed by atoms with Gasteiger partial charge in [-0.25, -0.2) is 0 Å². The van der Waals surface area contributed by atoms with Crippen LogP contribution in [0.2, 0.25) is 0 Å². The molecule has 0 aliphatic carbocycles. The number of aliphatic hydroxyl groups excluding tert-OH is 1. The molecule has 2 heterocycles. The second kappa shape index (κ2) is 9.90. The molecule has 5 rings (SSSR count). The van der Waals surface area contributed by atoms with Crippen LogP contribution in [-0.4, -0.2) is 34.4 Å². The van der Waals surface area contributed by atoms with Gasteiger partial charge in [0.1, 0.15) is 23.4 Å². The van der Waals surface area contributed by atoms with Crippen LogP contribution in [0.3, 0.4) is 0 Å².